The van der Waals surface area contributed by atoms with Gasteiger partial charge >= 0.3 is 0 Å². The van der Waals surface area contributed by atoms with Crippen molar-refractivity contribution < 1.29 is 9.59 Å². The van der Waals surface area contributed by atoms with Crippen LogP contribution in [0, 0.1) is 13.8 Å². The van der Waals surface area contributed by atoms with E-state index in [9.17, 15) is 9.59 Å². The van der Waals surface area contributed by atoms with Gasteiger partial charge in [0.2, 0.25) is 11.8 Å². The lowest BCUT2D eigenvalue weighted by Gasteiger charge is -2.33. The molecule has 0 spiro atoms. The molecule has 172 valence electrons. The van der Waals surface area contributed by atoms with E-state index in [2.05, 4.69) is 55.6 Å². The Morgan fingerprint density at radius 1 is 1.00 bits per heavy atom. The van der Waals surface area contributed by atoms with E-state index in [0.29, 0.717) is 25.8 Å². The first-order chi connectivity index (χ1) is 15.5. The van der Waals surface area contributed by atoms with Crippen LogP contribution >= 0.6 is 0 Å². The lowest BCUT2D eigenvalue weighted by Crippen LogP contribution is -2.51. The van der Waals surface area contributed by atoms with Crippen LogP contribution in [-0.4, -0.2) is 28.8 Å². The van der Waals surface area contributed by atoms with Crippen LogP contribution in [0.1, 0.15) is 74.1 Å². The minimum atomic E-state index is -0.443. The first-order valence-electron chi connectivity index (χ1n) is 12.2. The molecule has 32 heavy (non-hydrogen) atoms. The molecule has 1 saturated carbocycles. The molecule has 0 aromatic heterocycles. The largest absolute Gasteiger partial charge is 0.352 e. The monoisotopic (exact) mass is 434 g/mol. The van der Waals surface area contributed by atoms with Gasteiger partial charge in [0.25, 0.3) is 0 Å². The van der Waals surface area contributed by atoms with Crippen LogP contribution < -0.4 is 5.32 Å². The number of carbonyl (C=O) groups is 2. The molecule has 1 N–H and O–H groups in total. The summed E-state index contributed by atoms with van der Waals surface area (Å²) in [5.41, 5.74) is 4.61. The Hall–Kier alpha value is -2.62. The molecule has 0 aliphatic heterocycles. The number of carbonyl (C=O) groups excluding carboxylic acids is 2. The highest BCUT2D eigenvalue weighted by Crippen LogP contribution is 2.20. The van der Waals surface area contributed by atoms with Crippen molar-refractivity contribution in [3.05, 3.63) is 70.8 Å². The first-order valence-corrected chi connectivity index (χ1v) is 12.2. The third-order valence-corrected chi connectivity index (χ3v) is 6.69. The number of nitrogens with zero attached hydrogens (tertiary/aromatic N) is 1. The van der Waals surface area contributed by atoms with Crippen molar-refractivity contribution in [1.29, 1.82) is 0 Å². The molecule has 3 rings (SSSR count). The predicted octanol–water partition coefficient (Wildman–Crippen LogP) is 5.49. The summed E-state index contributed by atoms with van der Waals surface area (Å²) < 4.78 is 0. The molecule has 1 fully saturated rings. The number of hydrogen-bond acceptors (Lipinski definition) is 2. The van der Waals surface area contributed by atoms with Crippen LogP contribution in [-0.2, 0) is 22.6 Å². The number of rotatable bonds is 9. The summed E-state index contributed by atoms with van der Waals surface area (Å²) in [5.74, 6) is 0.0381. The van der Waals surface area contributed by atoms with Crippen LogP contribution in [0.3, 0.4) is 0 Å². The predicted molar refractivity (Wildman–Crippen MR) is 130 cm³/mol. The van der Waals surface area contributed by atoms with Gasteiger partial charge in [-0.2, -0.15) is 0 Å². The highest BCUT2D eigenvalue weighted by Gasteiger charge is 2.30. The molecule has 1 aliphatic carbocycles. The van der Waals surface area contributed by atoms with E-state index in [-0.39, 0.29) is 17.9 Å². The standard InChI is InChI=1S/C28H38N2O2/c1-4-26(28(32)29-25-12-6-5-7-13-25)30(20-24-11-9-8-10-22(24)3)27(31)19-18-23-16-14-21(2)15-17-23/h8-11,14-17,25-26H,4-7,12-13,18-20H2,1-3H3,(H,29,32)/t26-/m1/s1. The van der Waals surface area contributed by atoms with Crippen molar-refractivity contribution in [1.82, 2.24) is 10.2 Å². The fourth-order valence-electron chi connectivity index (χ4n) is 4.58. The zero-order valence-electron chi connectivity index (χ0n) is 19.9. The summed E-state index contributed by atoms with van der Waals surface area (Å²) in [6.07, 6.45) is 7.38. The van der Waals surface area contributed by atoms with E-state index in [1.807, 2.05) is 24.0 Å². The summed E-state index contributed by atoms with van der Waals surface area (Å²) >= 11 is 0. The van der Waals surface area contributed by atoms with Crippen molar-refractivity contribution in [3.8, 4) is 0 Å². The molecular formula is C28H38N2O2. The summed E-state index contributed by atoms with van der Waals surface area (Å²) in [4.78, 5) is 28.5. The Balaban J connectivity index is 1.75. The fourth-order valence-corrected chi connectivity index (χ4v) is 4.58. The Bertz CT molecular complexity index is 885. The zero-order valence-corrected chi connectivity index (χ0v) is 19.9. The molecule has 0 bridgehead atoms. The van der Waals surface area contributed by atoms with Crippen molar-refractivity contribution in [2.45, 2.75) is 90.8 Å². The number of nitrogens with one attached hydrogen (secondary N) is 1. The van der Waals surface area contributed by atoms with Gasteiger partial charge in [0.15, 0.2) is 0 Å². The highest BCUT2D eigenvalue weighted by atomic mass is 16.2. The first kappa shape index (κ1) is 24.0. The number of benzene rings is 2. The van der Waals surface area contributed by atoms with E-state index < -0.39 is 6.04 Å². The van der Waals surface area contributed by atoms with E-state index in [1.165, 1.54) is 24.8 Å². The third-order valence-electron chi connectivity index (χ3n) is 6.69. The quantitative estimate of drug-likeness (QED) is 0.567. The number of aryl methyl sites for hydroxylation is 3. The summed E-state index contributed by atoms with van der Waals surface area (Å²) in [6.45, 7) is 6.60. The van der Waals surface area contributed by atoms with E-state index >= 15 is 0 Å². The van der Waals surface area contributed by atoms with E-state index in [4.69, 9.17) is 0 Å². The summed E-state index contributed by atoms with van der Waals surface area (Å²) in [5, 5.41) is 3.25. The van der Waals surface area contributed by atoms with Gasteiger partial charge in [0, 0.05) is 19.0 Å². The molecule has 4 nitrogen and oxygen atoms in total. The van der Waals surface area contributed by atoms with Gasteiger partial charge in [-0.15, -0.1) is 0 Å². The van der Waals surface area contributed by atoms with Crippen LogP contribution in [0.5, 0.6) is 0 Å². The van der Waals surface area contributed by atoms with Gasteiger partial charge in [0.05, 0.1) is 0 Å². The topological polar surface area (TPSA) is 49.4 Å². The van der Waals surface area contributed by atoms with Gasteiger partial charge < -0.3 is 10.2 Å². The maximum atomic E-state index is 13.4. The second-order valence-corrected chi connectivity index (χ2v) is 9.20. The molecular weight excluding hydrogens is 396 g/mol. The van der Waals surface area contributed by atoms with E-state index in [1.54, 1.807) is 0 Å². The SMILES string of the molecule is CC[C@H](C(=O)NC1CCCCC1)N(Cc1ccccc1C)C(=O)CCc1ccc(C)cc1. The molecule has 1 atom stereocenters. The van der Waals surface area contributed by atoms with Crippen LogP contribution in [0.2, 0.25) is 0 Å². The molecule has 0 saturated heterocycles. The van der Waals surface area contributed by atoms with Crippen molar-refractivity contribution >= 4 is 11.8 Å². The molecule has 0 radical (unpaired) electrons. The maximum absolute atomic E-state index is 13.4. The van der Waals surface area contributed by atoms with Gasteiger partial charge in [-0.1, -0.05) is 80.3 Å². The lowest BCUT2D eigenvalue weighted by atomic mass is 9.95. The Morgan fingerprint density at radius 2 is 1.69 bits per heavy atom. The smallest absolute Gasteiger partial charge is 0.243 e. The van der Waals surface area contributed by atoms with Gasteiger partial charge in [-0.05, 0) is 56.2 Å². The minimum Gasteiger partial charge on any atom is -0.352 e. The maximum Gasteiger partial charge on any atom is 0.243 e. The molecule has 4 heteroatoms. The van der Waals surface area contributed by atoms with Gasteiger partial charge in [-0.25, -0.2) is 0 Å². The lowest BCUT2D eigenvalue weighted by molar-refractivity contribution is -0.141. The van der Waals surface area contributed by atoms with Crippen molar-refractivity contribution in [2.24, 2.45) is 0 Å². The molecule has 2 aromatic carbocycles. The summed E-state index contributed by atoms with van der Waals surface area (Å²) in [7, 11) is 0. The molecule has 0 heterocycles. The molecule has 1 aliphatic rings. The molecule has 2 amide bonds. The van der Waals surface area contributed by atoms with Crippen molar-refractivity contribution in [3.63, 3.8) is 0 Å². The van der Waals surface area contributed by atoms with Crippen LogP contribution in [0.25, 0.3) is 0 Å². The average Bonchev–Trinajstić information content (AvgIpc) is 2.80. The average molecular weight is 435 g/mol. The number of amides is 2. The highest BCUT2D eigenvalue weighted by molar-refractivity contribution is 5.88. The molecule has 0 unspecified atom stereocenters. The second-order valence-electron chi connectivity index (χ2n) is 9.20. The Labute approximate surface area is 193 Å². The van der Waals surface area contributed by atoms with Crippen LogP contribution in [0.15, 0.2) is 48.5 Å². The van der Waals surface area contributed by atoms with Gasteiger partial charge in [-0.3, -0.25) is 9.59 Å². The Kier molecular flexibility index (Phi) is 8.90. The van der Waals surface area contributed by atoms with Gasteiger partial charge in [0.1, 0.15) is 6.04 Å². The second kappa shape index (κ2) is 11.8. The normalized spacial score (nSPS) is 15.2. The van der Waals surface area contributed by atoms with Crippen LogP contribution in [0.4, 0.5) is 0 Å². The third kappa shape index (κ3) is 6.69. The zero-order chi connectivity index (χ0) is 22.9. The van der Waals surface area contributed by atoms with E-state index in [0.717, 1.165) is 29.5 Å². The minimum absolute atomic E-state index is 0.00308. The number of hydrogen-bond donors (Lipinski definition) is 1. The Morgan fingerprint density at radius 3 is 2.34 bits per heavy atom. The fraction of sp³-hybridized carbons (Fsp3) is 0.500. The summed E-state index contributed by atoms with van der Waals surface area (Å²) in [6, 6.07) is 16.3. The molecule has 2 aromatic rings. The van der Waals surface area contributed by atoms with Crippen molar-refractivity contribution in [2.75, 3.05) is 0 Å².